The largest absolute Gasteiger partial charge is 0.504 e. The molecule has 0 fully saturated rings. The number of hydrogen-bond donors (Lipinski definition) is 2. The molecular formula is C22H33NO3. The summed E-state index contributed by atoms with van der Waals surface area (Å²) in [6.07, 6.45) is 5.59. The summed E-state index contributed by atoms with van der Waals surface area (Å²) in [5.41, 5.74) is 2.37. The first-order valence-corrected chi connectivity index (χ1v) is 9.90. The van der Waals surface area contributed by atoms with E-state index >= 15 is 0 Å². The van der Waals surface area contributed by atoms with Crippen LogP contribution in [0.2, 0.25) is 0 Å². The average Bonchev–Trinajstić information content (AvgIpc) is 3.05. The van der Waals surface area contributed by atoms with Crippen molar-refractivity contribution in [3.05, 3.63) is 35.9 Å². The summed E-state index contributed by atoms with van der Waals surface area (Å²) in [5, 5.41) is 20.9. The Morgan fingerprint density at radius 1 is 1.35 bits per heavy atom. The molecule has 1 aliphatic carbocycles. The first kappa shape index (κ1) is 19.2. The number of benzene rings is 1. The van der Waals surface area contributed by atoms with Gasteiger partial charge in [0, 0.05) is 24.6 Å². The molecule has 4 nitrogen and oxygen atoms in total. The predicted octanol–water partition coefficient (Wildman–Crippen LogP) is 3.69. The van der Waals surface area contributed by atoms with Crippen LogP contribution in [0.3, 0.4) is 0 Å². The number of fused-ring (bicyclic) bond motifs is 1. The molecule has 1 heterocycles. The Labute approximate surface area is 157 Å². The van der Waals surface area contributed by atoms with Crippen LogP contribution in [0.25, 0.3) is 0 Å². The number of ether oxygens (including phenoxy) is 1. The summed E-state index contributed by atoms with van der Waals surface area (Å²) in [6.45, 7) is 12.7. The molecule has 144 valence electrons. The van der Waals surface area contributed by atoms with Crippen molar-refractivity contribution >= 4 is 0 Å². The highest BCUT2D eigenvalue weighted by Crippen LogP contribution is 2.44. The number of aliphatic hydroxyl groups excluding tert-OH is 1. The molecular weight excluding hydrogens is 326 g/mol. The number of rotatable bonds is 5. The number of hydrogen-bond acceptors (Lipinski definition) is 4. The Bertz CT molecular complexity index is 655. The third kappa shape index (κ3) is 3.63. The molecule has 0 aromatic heterocycles. The molecule has 1 unspecified atom stereocenters. The lowest BCUT2D eigenvalue weighted by Gasteiger charge is -2.43. The van der Waals surface area contributed by atoms with Gasteiger partial charge in [0.15, 0.2) is 11.5 Å². The average molecular weight is 360 g/mol. The van der Waals surface area contributed by atoms with Crippen molar-refractivity contribution in [2.75, 3.05) is 13.1 Å². The van der Waals surface area contributed by atoms with Gasteiger partial charge in [-0.2, -0.15) is 0 Å². The number of aromatic hydroxyl groups is 1. The van der Waals surface area contributed by atoms with Gasteiger partial charge in [0.2, 0.25) is 0 Å². The molecule has 0 radical (unpaired) electrons. The molecule has 2 bridgehead atoms. The van der Waals surface area contributed by atoms with Crippen LogP contribution in [0, 0.1) is 5.41 Å². The van der Waals surface area contributed by atoms with Crippen LogP contribution in [-0.2, 0) is 12.8 Å². The molecule has 0 saturated heterocycles. The molecule has 1 aliphatic heterocycles. The van der Waals surface area contributed by atoms with Crippen LogP contribution in [-0.4, -0.2) is 46.5 Å². The van der Waals surface area contributed by atoms with Crippen LogP contribution < -0.4 is 4.74 Å². The van der Waals surface area contributed by atoms with Crippen molar-refractivity contribution in [2.45, 2.75) is 71.1 Å². The molecule has 1 aromatic rings. The monoisotopic (exact) mass is 359 g/mol. The van der Waals surface area contributed by atoms with E-state index in [0.717, 1.165) is 37.9 Å². The maximum Gasteiger partial charge on any atom is 0.165 e. The second-order valence-electron chi connectivity index (χ2n) is 8.51. The summed E-state index contributed by atoms with van der Waals surface area (Å²) >= 11 is 0. The summed E-state index contributed by atoms with van der Waals surface area (Å²) in [4.78, 5) is 2.52. The summed E-state index contributed by atoms with van der Waals surface area (Å²) in [6, 6.07) is 4.12. The van der Waals surface area contributed by atoms with Gasteiger partial charge in [-0.05, 0) is 49.3 Å². The second kappa shape index (κ2) is 7.61. The lowest BCUT2D eigenvalue weighted by Crippen LogP contribution is -2.48. The minimum absolute atomic E-state index is 0.0563. The number of phenols is 1. The highest BCUT2D eigenvalue weighted by atomic mass is 16.5. The van der Waals surface area contributed by atoms with Gasteiger partial charge in [0.25, 0.3) is 0 Å². The quantitative estimate of drug-likeness (QED) is 0.788. The van der Waals surface area contributed by atoms with E-state index < -0.39 is 6.10 Å². The molecule has 2 aliphatic rings. The summed E-state index contributed by atoms with van der Waals surface area (Å²) in [5.74, 6) is 0.765. The van der Waals surface area contributed by atoms with E-state index in [9.17, 15) is 10.2 Å². The lowest BCUT2D eigenvalue weighted by atomic mass is 9.74. The SMILES string of the molecule is C=CCN(CCC)C1Cc2ccc(O)c3c2C[C@@H](O3)[C@H](O)CCC1(C)C. The van der Waals surface area contributed by atoms with Crippen molar-refractivity contribution in [2.24, 2.45) is 5.41 Å². The van der Waals surface area contributed by atoms with E-state index in [1.807, 2.05) is 12.1 Å². The molecule has 0 amide bonds. The Hall–Kier alpha value is -1.52. The van der Waals surface area contributed by atoms with E-state index in [-0.39, 0.29) is 17.3 Å². The van der Waals surface area contributed by atoms with E-state index in [1.54, 1.807) is 6.07 Å². The Morgan fingerprint density at radius 2 is 2.12 bits per heavy atom. The fourth-order valence-electron chi connectivity index (χ4n) is 4.62. The van der Waals surface area contributed by atoms with Gasteiger partial charge in [-0.3, -0.25) is 4.90 Å². The van der Waals surface area contributed by atoms with E-state index in [2.05, 4.69) is 32.3 Å². The highest BCUT2D eigenvalue weighted by molar-refractivity contribution is 5.53. The standard InChI is InChI=1S/C22H33NO3/c1-5-11-23(12-6-2)20-13-15-7-8-18(25)21-16(15)14-19(26-21)17(24)9-10-22(20,3)4/h5,7-8,17,19-20,24-25H,1,6,9-14H2,2-4H3/t17-,19-,20?/m1/s1. The van der Waals surface area contributed by atoms with Crippen molar-refractivity contribution in [3.8, 4) is 11.5 Å². The Balaban J connectivity index is 2.04. The summed E-state index contributed by atoms with van der Waals surface area (Å²) < 4.78 is 5.95. The third-order valence-electron chi connectivity index (χ3n) is 6.16. The molecule has 0 saturated carbocycles. The minimum Gasteiger partial charge on any atom is -0.504 e. The zero-order valence-corrected chi connectivity index (χ0v) is 16.4. The minimum atomic E-state index is -0.508. The van der Waals surface area contributed by atoms with Crippen molar-refractivity contribution in [1.82, 2.24) is 4.90 Å². The van der Waals surface area contributed by atoms with E-state index in [0.29, 0.717) is 24.6 Å². The molecule has 26 heavy (non-hydrogen) atoms. The van der Waals surface area contributed by atoms with Crippen LogP contribution in [0.5, 0.6) is 11.5 Å². The van der Waals surface area contributed by atoms with Crippen molar-refractivity contribution in [3.63, 3.8) is 0 Å². The van der Waals surface area contributed by atoms with Crippen LogP contribution >= 0.6 is 0 Å². The Kier molecular flexibility index (Phi) is 5.64. The maximum absolute atomic E-state index is 10.7. The van der Waals surface area contributed by atoms with E-state index in [1.165, 1.54) is 5.56 Å². The van der Waals surface area contributed by atoms with Crippen LogP contribution in [0.15, 0.2) is 24.8 Å². The first-order valence-electron chi connectivity index (χ1n) is 9.90. The molecule has 1 aromatic carbocycles. The van der Waals surface area contributed by atoms with Gasteiger partial charge < -0.3 is 14.9 Å². The predicted molar refractivity (Wildman–Crippen MR) is 105 cm³/mol. The number of aliphatic hydroxyl groups is 1. The molecule has 3 atom stereocenters. The molecule has 0 spiro atoms. The smallest absolute Gasteiger partial charge is 0.165 e. The van der Waals surface area contributed by atoms with E-state index in [4.69, 9.17) is 4.74 Å². The number of phenolic OH excluding ortho intramolecular Hbond substituents is 1. The van der Waals surface area contributed by atoms with Crippen molar-refractivity contribution in [1.29, 1.82) is 0 Å². The maximum atomic E-state index is 10.7. The topological polar surface area (TPSA) is 52.9 Å². The second-order valence-corrected chi connectivity index (χ2v) is 8.51. The highest BCUT2D eigenvalue weighted by Gasteiger charge is 2.40. The van der Waals surface area contributed by atoms with Gasteiger partial charge in [-0.25, -0.2) is 0 Å². The van der Waals surface area contributed by atoms with Crippen LogP contribution in [0.1, 0.15) is 51.2 Å². The van der Waals surface area contributed by atoms with Gasteiger partial charge in [-0.15, -0.1) is 6.58 Å². The lowest BCUT2D eigenvalue weighted by molar-refractivity contribution is 0.0201. The zero-order chi connectivity index (χ0) is 18.9. The molecule has 4 heteroatoms. The third-order valence-corrected chi connectivity index (χ3v) is 6.16. The Morgan fingerprint density at radius 3 is 2.81 bits per heavy atom. The molecule has 3 rings (SSSR count). The number of nitrogens with zero attached hydrogens (tertiary/aromatic N) is 1. The normalized spacial score (nSPS) is 27.2. The zero-order valence-electron chi connectivity index (χ0n) is 16.4. The van der Waals surface area contributed by atoms with Crippen LogP contribution in [0.4, 0.5) is 0 Å². The van der Waals surface area contributed by atoms with Gasteiger partial charge >= 0.3 is 0 Å². The first-order chi connectivity index (χ1) is 12.4. The molecule has 2 N–H and O–H groups in total. The fraction of sp³-hybridized carbons (Fsp3) is 0.636. The summed E-state index contributed by atoms with van der Waals surface area (Å²) in [7, 11) is 0. The van der Waals surface area contributed by atoms with Gasteiger partial charge in [-0.1, -0.05) is 32.9 Å². The van der Waals surface area contributed by atoms with Gasteiger partial charge in [0.1, 0.15) is 6.10 Å². The van der Waals surface area contributed by atoms with Gasteiger partial charge in [0.05, 0.1) is 6.10 Å². The fourth-order valence-corrected chi connectivity index (χ4v) is 4.62. The van der Waals surface area contributed by atoms with Crippen molar-refractivity contribution < 1.29 is 14.9 Å².